The van der Waals surface area contributed by atoms with Gasteiger partial charge in [-0.05, 0) is 13.3 Å². The first kappa shape index (κ1) is 6.49. The second-order valence-corrected chi connectivity index (χ2v) is 1.61. The first-order valence-corrected chi connectivity index (χ1v) is 2.54. The van der Waals surface area contributed by atoms with Crippen molar-refractivity contribution in [2.45, 2.75) is 19.8 Å². The lowest BCUT2D eigenvalue weighted by molar-refractivity contribution is 0.698. The molecule has 7 heavy (non-hydrogen) atoms. The third-order valence-corrected chi connectivity index (χ3v) is 0.820. The number of nitriles is 1. The van der Waals surface area contributed by atoms with Crippen LogP contribution in [0.5, 0.6) is 0 Å². The largest absolute Gasteiger partial charge is 0.198 e. The Balaban J connectivity index is 3.04. The molecule has 1 radical (unpaired) electrons. The van der Waals surface area contributed by atoms with E-state index in [1.165, 1.54) is 0 Å². The summed E-state index contributed by atoms with van der Waals surface area (Å²) in [6, 6.07) is 2.05. The van der Waals surface area contributed by atoms with Gasteiger partial charge in [-0.1, -0.05) is 13.3 Å². The topological polar surface area (TPSA) is 23.8 Å². The van der Waals surface area contributed by atoms with Crippen LogP contribution in [0.4, 0.5) is 0 Å². The van der Waals surface area contributed by atoms with Crippen LogP contribution >= 0.6 is 0 Å². The van der Waals surface area contributed by atoms with Crippen molar-refractivity contribution in [1.82, 2.24) is 0 Å². The van der Waals surface area contributed by atoms with Crippen molar-refractivity contribution in [3.63, 3.8) is 0 Å². The molecule has 0 saturated heterocycles. The summed E-state index contributed by atoms with van der Waals surface area (Å²) in [4.78, 5) is 0. The highest BCUT2D eigenvalue weighted by Gasteiger charge is 1.93. The molecule has 0 aliphatic heterocycles. The summed E-state index contributed by atoms with van der Waals surface area (Å²) in [5.74, 6) is 0.00463. The molecule has 0 rings (SSSR count). The van der Waals surface area contributed by atoms with Crippen LogP contribution in [-0.2, 0) is 0 Å². The van der Waals surface area contributed by atoms with E-state index in [1.807, 2.05) is 0 Å². The Labute approximate surface area is 45.0 Å². The summed E-state index contributed by atoms with van der Waals surface area (Å²) in [6.45, 7) is 5.64. The van der Waals surface area contributed by atoms with Gasteiger partial charge in [-0.3, -0.25) is 0 Å². The van der Waals surface area contributed by atoms with Gasteiger partial charge >= 0.3 is 0 Å². The molecule has 1 unspecified atom stereocenters. The van der Waals surface area contributed by atoms with Crippen molar-refractivity contribution < 1.29 is 0 Å². The fourth-order valence-corrected chi connectivity index (χ4v) is 0.413. The Hall–Kier alpha value is -0.510. The Morgan fingerprint density at radius 2 is 2.43 bits per heavy atom. The Morgan fingerprint density at radius 1 is 1.86 bits per heavy atom. The molecule has 0 N–H and O–H groups in total. The number of hydrogen-bond donors (Lipinski definition) is 0. The van der Waals surface area contributed by atoms with Gasteiger partial charge in [0.15, 0.2) is 0 Å². The Morgan fingerprint density at radius 3 is 2.57 bits per heavy atom. The molecule has 1 nitrogen and oxygen atoms in total. The predicted octanol–water partition coefficient (Wildman–Crippen LogP) is 1.76. The first-order valence-electron chi connectivity index (χ1n) is 2.54. The molecule has 0 aromatic carbocycles. The summed E-state index contributed by atoms with van der Waals surface area (Å²) in [5.41, 5.74) is 0. The van der Waals surface area contributed by atoms with E-state index in [-0.39, 0.29) is 5.92 Å². The Kier molecular flexibility index (Phi) is 3.40. The molecular weight excluding hydrogens is 86.1 g/mol. The highest BCUT2D eigenvalue weighted by atomic mass is 14.2. The van der Waals surface area contributed by atoms with Gasteiger partial charge < -0.3 is 0 Å². The summed E-state index contributed by atoms with van der Waals surface area (Å²) < 4.78 is 0. The molecule has 0 saturated carbocycles. The fourth-order valence-electron chi connectivity index (χ4n) is 0.413. The average molecular weight is 96.2 g/mol. The molecule has 0 fully saturated rings. The summed E-state index contributed by atoms with van der Waals surface area (Å²) in [7, 11) is 0. The van der Waals surface area contributed by atoms with Crippen molar-refractivity contribution in [2.24, 2.45) is 5.92 Å². The molecule has 39 valence electrons. The van der Waals surface area contributed by atoms with Crippen LogP contribution in [-0.4, -0.2) is 0 Å². The summed E-state index contributed by atoms with van der Waals surface area (Å²) >= 11 is 0. The third kappa shape index (κ3) is 3.32. The lowest BCUT2D eigenvalue weighted by Crippen LogP contribution is -1.86. The van der Waals surface area contributed by atoms with Crippen molar-refractivity contribution >= 4 is 0 Å². The zero-order valence-electron chi connectivity index (χ0n) is 4.65. The maximum atomic E-state index is 8.15. The van der Waals surface area contributed by atoms with Gasteiger partial charge in [0, 0.05) is 5.92 Å². The van der Waals surface area contributed by atoms with Crippen molar-refractivity contribution in [1.29, 1.82) is 5.26 Å². The van der Waals surface area contributed by atoms with Crippen LogP contribution in [0, 0.1) is 24.2 Å². The summed E-state index contributed by atoms with van der Waals surface area (Å²) in [5, 5.41) is 8.15. The fraction of sp³-hybridized carbons (Fsp3) is 0.667. The van der Waals surface area contributed by atoms with E-state index in [1.54, 1.807) is 0 Å². The number of nitrogens with zero attached hydrogens (tertiary/aromatic N) is 1. The first-order chi connectivity index (χ1) is 3.31. The van der Waals surface area contributed by atoms with E-state index in [2.05, 4.69) is 19.9 Å². The van der Waals surface area contributed by atoms with Crippen LogP contribution in [0.15, 0.2) is 0 Å². The molecule has 0 aromatic heterocycles. The van der Waals surface area contributed by atoms with E-state index in [9.17, 15) is 0 Å². The molecular formula is C6H10N. The monoisotopic (exact) mass is 96.1 g/mol. The zero-order chi connectivity index (χ0) is 5.70. The number of rotatable bonds is 2. The molecule has 1 atom stereocenters. The van der Waals surface area contributed by atoms with E-state index in [4.69, 9.17) is 5.26 Å². The molecule has 0 heterocycles. The lowest BCUT2D eigenvalue weighted by Gasteiger charge is -1.92. The molecule has 0 spiro atoms. The average Bonchev–Trinajstić information content (AvgIpc) is 1.68. The minimum absolute atomic E-state index is 0.00463. The van der Waals surface area contributed by atoms with E-state index in [0.717, 1.165) is 12.8 Å². The van der Waals surface area contributed by atoms with Gasteiger partial charge in [0.05, 0.1) is 6.07 Å². The van der Waals surface area contributed by atoms with Crippen LogP contribution < -0.4 is 0 Å². The standard InChI is InChI=1S/C6H10N/c1-3-4-6(2)5-7/h6H,2-4H2,1H3. The van der Waals surface area contributed by atoms with Gasteiger partial charge in [0.25, 0.3) is 0 Å². The molecule has 0 aliphatic carbocycles. The highest BCUT2D eigenvalue weighted by Crippen LogP contribution is 2.00. The Bertz CT molecular complexity index is 70.7. The summed E-state index contributed by atoms with van der Waals surface area (Å²) in [6.07, 6.45) is 1.98. The van der Waals surface area contributed by atoms with Gasteiger partial charge in [0.1, 0.15) is 0 Å². The smallest absolute Gasteiger partial charge is 0.0655 e. The molecule has 0 bridgehead atoms. The quantitative estimate of drug-likeness (QED) is 0.514. The predicted molar refractivity (Wildman–Crippen MR) is 29.4 cm³/mol. The van der Waals surface area contributed by atoms with Crippen LogP contribution in [0.25, 0.3) is 0 Å². The van der Waals surface area contributed by atoms with E-state index in [0.29, 0.717) is 0 Å². The van der Waals surface area contributed by atoms with Gasteiger partial charge in [-0.15, -0.1) is 0 Å². The highest BCUT2D eigenvalue weighted by molar-refractivity contribution is 4.83. The van der Waals surface area contributed by atoms with Crippen molar-refractivity contribution in [3.8, 4) is 6.07 Å². The van der Waals surface area contributed by atoms with Gasteiger partial charge in [-0.2, -0.15) is 5.26 Å². The molecule has 1 heteroatoms. The zero-order valence-corrected chi connectivity index (χ0v) is 4.65. The van der Waals surface area contributed by atoms with Crippen molar-refractivity contribution in [3.05, 3.63) is 6.92 Å². The van der Waals surface area contributed by atoms with E-state index >= 15 is 0 Å². The molecule has 0 aliphatic rings. The van der Waals surface area contributed by atoms with Crippen molar-refractivity contribution in [2.75, 3.05) is 0 Å². The van der Waals surface area contributed by atoms with Gasteiger partial charge in [-0.25, -0.2) is 0 Å². The molecule has 0 aromatic rings. The van der Waals surface area contributed by atoms with E-state index < -0.39 is 0 Å². The van der Waals surface area contributed by atoms with Crippen LogP contribution in [0.3, 0.4) is 0 Å². The lowest BCUT2D eigenvalue weighted by atomic mass is 10.1. The second kappa shape index (κ2) is 3.67. The SMILES string of the molecule is [CH2]C(C#N)CCC. The minimum Gasteiger partial charge on any atom is -0.198 e. The minimum atomic E-state index is 0.00463. The molecule has 0 amide bonds. The van der Waals surface area contributed by atoms with Gasteiger partial charge in [0.2, 0.25) is 0 Å². The maximum Gasteiger partial charge on any atom is 0.0655 e. The number of hydrogen-bond acceptors (Lipinski definition) is 1. The van der Waals surface area contributed by atoms with Crippen LogP contribution in [0.1, 0.15) is 19.8 Å². The normalized spacial score (nSPS) is 12.7. The second-order valence-electron chi connectivity index (χ2n) is 1.61. The maximum absolute atomic E-state index is 8.15. The van der Waals surface area contributed by atoms with Crippen LogP contribution in [0.2, 0.25) is 0 Å². The third-order valence-electron chi connectivity index (χ3n) is 0.820.